The van der Waals surface area contributed by atoms with Gasteiger partial charge in [-0.25, -0.2) is 4.98 Å². The lowest BCUT2D eigenvalue weighted by Crippen LogP contribution is -2.22. The number of aromatic nitrogens is 3. The summed E-state index contributed by atoms with van der Waals surface area (Å²) in [7, 11) is 0. The number of thioether (sulfide) groups is 1. The highest BCUT2D eigenvalue weighted by molar-refractivity contribution is 7.98. The molecule has 2 heterocycles. The lowest BCUT2D eigenvalue weighted by Gasteiger charge is -2.23. The number of benzene rings is 2. The Kier molecular flexibility index (Phi) is 5.34. The first-order valence-corrected chi connectivity index (χ1v) is 10.6. The van der Waals surface area contributed by atoms with Gasteiger partial charge in [0.15, 0.2) is 12.0 Å². The normalized spacial score (nSPS) is 14.9. The maximum atomic E-state index is 6.31. The molecule has 0 spiro atoms. The minimum absolute atomic E-state index is 0.362. The van der Waals surface area contributed by atoms with E-state index in [2.05, 4.69) is 63.5 Å². The molecule has 0 bridgehead atoms. The third-order valence-electron chi connectivity index (χ3n) is 4.83. The molecule has 7 heteroatoms. The number of hydrogen-bond acceptors (Lipinski definition) is 7. The molecule has 6 nitrogen and oxygen atoms in total. The molecule has 1 aromatic heterocycles. The average molecular weight is 394 g/mol. The smallest absolute Gasteiger partial charge is 0.210 e. The number of ether oxygens (including phenoxy) is 1. The van der Waals surface area contributed by atoms with Gasteiger partial charge in [0.05, 0.1) is 0 Å². The highest BCUT2D eigenvalue weighted by Crippen LogP contribution is 2.39. The summed E-state index contributed by atoms with van der Waals surface area (Å²) in [5.41, 5.74) is 3.83. The van der Waals surface area contributed by atoms with Crippen LogP contribution in [0.3, 0.4) is 0 Å². The Hall–Kier alpha value is -2.80. The van der Waals surface area contributed by atoms with Gasteiger partial charge in [0.1, 0.15) is 11.4 Å². The number of rotatable bonds is 5. The van der Waals surface area contributed by atoms with Crippen molar-refractivity contribution in [1.29, 1.82) is 0 Å². The zero-order valence-corrected chi connectivity index (χ0v) is 17.0. The van der Waals surface area contributed by atoms with Crippen LogP contribution in [0.1, 0.15) is 25.6 Å². The second-order valence-electron chi connectivity index (χ2n) is 6.40. The molecule has 1 unspecified atom stereocenters. The van der Waals surface area contributed by atoms with Crippen molar-refractivity contribution in [3.05, 3.63) is 54.1 Å². The lowest BCUT2D eigenvalue weighted by atomic mass is 10.1. The van der Waals surface area contributed by atoms with Crippen LogP contribution >= 0.6 is 11.8 Å². The number of fused-ring (bicyclic) bond motifs is 3. The number of hydrogen-bond donors (Lipinski definition) is 1. The summed E-state index contributed by atoms with van der Waals surface area (Å²) < 4.78 is 6.31. The zero-order valence-electron chi connectivity index (χ0n) is 16.2. The van der Waals surface area contributed by atoms with Crippen LogP contribution in [0.15, 0.2) is 53.7 Å². The van der Waals surface area contributed by atoms with Crippen LogP contribution in [0.4, 0.5) is 11.5 Å². The van der Waals surface area contributed by atoms with E-state index < -0.39 is 0 Å². The summed E-state index contributed by atoms with van der Waals surface area (Å²) in [6, 6.07) is 16.3. The van der Waals surface area contributed by atoms with E-state index in [0.717, 1.165) is 30.0 Å². The summed E-state index contributed by atoms with van der Waals surface area (Å²) >= 11 is 1.47. The molecule has 0 saturated heterocycles. The van der Waals surface area contributed by atoms with E-state index in [4.69, 9.17) is 4.74 Å². The van der Waals surface area contributed by atoms with E-state index in [9.17, 15) is 0 Å². The van der Waals surface area contributed by atoms with Gasteiger partial charge >= 0.3 is 0 Å². The van der Waals surface area contributed by atoms with Crippen LogP contribution in [0.25, 0.3) is 11.3 Å². The molecular weight excluding hydrogens is 370 g/mol. The van der Waals surface area contributed by atoms with Gasteiger partial charge < -0.3 is 15.0 Å². The Balaban J connectivity index is 1.73. The first-order valence-electron chi connectivity index (χ1n) is 9.39. The van der Waals surface area contributed by atoms with E-state index in [1.807, 2.05) is 30.5 Å². The van der Waals surface area contributed by atoms with Crippen molar-refractivity contribution in [2.45, 2.75) is 25.2 Å². The van der Waals surface area contributed by atoms with Crippen molar-refractivity contribution < 1.29 is 4.74 Å². The molecule has 144 valence electrons. The highest BCUT2D eigenvalue weighted by atomic mass is 32.2. The van der Waals surface area contributed by atoms with Gasteiger partial charge in [0, 0.05) is 29.9 Å². The molecule has 4 rings (SSSR count). The fraction of sp³-hybridized carbons (Fsp3) is 0.286. The minimum Gasteiger partial charge on any atom is -0.466 e. The molecule has 0 amide bonds. The van der Waals surface area contributed by atoms with Gasteiger partial charge in [-0.3, -0.25) is 0 Å². The molecule has 3 aromatic rings. The highest BCUT2D eigenvalue weighted by Gasteiger charge is 2.25. The topological polar surface area (TPSA) is 63.2 Å². The summed E-state index contributed by atoms with van der Waals surface area (Å²) in [6.45, 7) is 6.29. The van der Waals surface area contributed by atoms with Crippen LogP contribution in [0, 0.1) is 0 Å². The van der Waals surface area contributed by atoms with Gasteiger partial charge in [0.25, 0.3) is 0 Å². The van der Waals surface area contributed by atoms with E-state index in [1.165, 1.54) is 17.4 Å². The quantitative estimate of drug-likeness (QED) is 0.635. The maximum Gasteiger partial charge on any atom is 0.210 e. The molecule has 1 atom stereocenters. The fourth-order valence-corrected chi connectivity index (χ4v) is 3.63. The standard InChI is InChI=1S/C21H23N5OS/c1-4-26(5-2)15-12-10-14(11-13-15)20-22-19-18(24-25-21(23-19)28-3)16-8-6-7-9-17(16)27-20/h6-13,20H,4-5H2,1-3H3,(H,22,23,25). The molecule has 1 aliphatic rings. The predicted molar refractivity (Wildman–Crippen MR) is 114 cm³/mol. The molecule has 2 aromatic carbocycles. The number of nitrogens with zero attached hydrogens (tertiary/aromatic N) is 4. The summed E-state index contributed by atoms with van der Waals surface area (Å²) in [5, 5.41) is 12.6. The lowest BCUT2D eigenvalue weighted by molar-refractivity contribution is 0.238. The number of nitrogens with one attached hydrogen (secondary N) is 1. The van der Waals surface area contributed by atoms with E-state index >= 15 is 0 Å². The second-order valence-corrected chi connectivity index (χ2v) is 7.17. The van der Waals surface area contributed by atoms with E-state index in [1.54, 1.807) is 0 Å². The van der Waals surface area contributed by atoms with Crippen LogP contribution in [-0.4, -0.2) is 34.5 Å². The Morgan fingerprint density at radius 2 is 1.79 bits per heavy atom. The molecule has 1 N–H and O–H groups in total. The van der Waals surface area contributed by atoms with Crippen LogP contribution < -0.4 is 15.0 Å². The zero-order chi connectivity index (χ0) is 19.5. The van der Waals surface area contributed by atoms with Crippen molar-refractivity contribution >= 4 is 23.3 Å². The van der Waals surface area contributed by atoms with Gasteiger partial charge in [0.2, 0.25) is 5.16 Å². The van der Waals surface area contributed by atoms with Crippen molar-refractivity contribution in [2.24, 2.45) is 0 Å². The third kappa shape index (κ3) is 3.49. The SMILES string of the molecule is CCN(CC)c1ccc(C2Nc3nc(SC)nnc3-c3ccccc3O2)cc1. The first-order chi connectivity index (χ1) is 13.7. The van der Waals surface area contributed by atoms with Crippen molar-refractivity contribution in [3.63, 3.8) is 0 Å². The molecule has 0 radical (unpaired) electrons. The van der Waals surface area contributed by atoms with E-state index in [-0.39, 0.29) is 6.23 Å². The first kappa shape index (κ1) is 18.6. The van der Waals surface area contributed by atoms with Crippen molar-refractivity contribution in [1.82, 2.24) is 15.2 Å². The monoisotopic (exact) mass is 393 g/mol. The van der Waals surface area contributed by atoms with Crippen molar-refractivity contribution in [3.8, 4) is 17.0 Å². The summed E-state index contributed by atoms with van der Waals surface area (Å²) in [5.74, 6) is 1.45. The maximum absolute atomic E-state index is 6.31. The third-order valence-corrected chi connectivity index (χ3v) is 5.37. The minimum atomic E-state index is -0.362. The van der Waals surface area contributed by atoms with Gasteiger partial charge in [-0.05, 0) is 44.4 Å². The van der Waals surface area contributed by atoms with Crippen LogP contribution in [-0.2, 0) is 0 Å². The molecule has 0 aliphatic carbocycles. The predicted octanol–water partition coefficient (Wildman–Crippen LogP) is 4.61. The van der Waals surface area contributed by atoms with E-state index in [0.29, 0.717) is 16.7 Å². The van der Waals surface area contributed by atoms with Crippen LogP contribution in [0.2, 0.25) is 0 Å². The molecule has 28 heavy (non-hydrogen) atoms. The molecule has 0 saturated carbocycles. The molecular formula is C21H23N5OS. The second kappa shape index (κ2) is 8.06. The summed E-state index contributed by atoms with van der Waals surface area (Å²) in [4.78, 5) is 6.95. The van der Waals surface area contributed by atoms with Crippen molar-refractivity contribution in [2.75, 3.05) is 29.6 Å². The summed E-state index contributed by atoms with van der Waals surface area (Å²) in [6.07, 6.45) is 1.58. The Morgan fingerprint density at radius 3 is 2.50 bits per heavy atom. The molecule has 1 aliphatic heterocycles. The Morgan fingerprint density at radius 1 is 1.04 bits per heavy atom. The Labute approximate surface area is 169 Å². The number of anilines is 2. The average Bonchev–Trinajstić information content (AvgIpc) is 2.91. The van der Waals surface area contributed by atoms with Crippen LogP contribution in [0.5, 0.6) is 5.75 Å². The largest absolute Gasteiger partial charge is 0.466 e. The molecule has 0 fully saturated rings. The van der Waals surface area contributed by atoms with Gasteiger partial charge in [-0.15, -0.1) is 10.2 Å². The Bertz CT molecular complexity index is 959. The van der Waals surface area contributed by atoms with Gasteiger partial charge in [-0.2, -0.15) is 0 Å². The fourth-order valence-electron chi connectivity index (χ4n) is 3.33. The number of para-hydroxylation sites is 1. The van der Waals surface area contributed by atoms with Gasteiger partial charge in [-0.1, -0.05) is 36.0 Å².